The third-order valence-electron chi connectivity index (χ3n) is 9.25. The normalized spacial score (nSPS) is 55.2. The summed E-state index contributed by atoms with van der Waals surface area (Å²) in [6.45, 7) is 8.79. The molecule has 0 aromatic carbocycles. The molecule has 0 aliphatic heterocycles. The first-order chi connectivity index (χ1) is 11.4. The summed E-state index contributed by atoms with van der Waals surface area (Å²) in [6, 6.07) is 0. The van der Waals surface area contributed by atoms with E-state index in [1.807, 2.05) is 6.92 Å². The van der Waals surface area contributed by atoms with Gasteiger partial charge in [-0.1, -0.05) is 13.0 Å². The lowest BCUT2D eigenvalue weighted by atomic mass is 9.44. The van der Waals surface area contributed by atoms with Gasteiger partial charge in [-0.3, -0.25) is 0 Å². The molecule has 24 heavy (non-hydrogen) atoms. The Morgan fingerprint density at radius 2 is 1.83 bits per heavy atom. The molecule has 0 unspecified atom stereocenters. The Hall–Kier alpha value is -0.340. The first-order valence-electron chi connectivity index (χ1n) is 10.4. The molecule has 0 radical (unpaired) electrons. The second-order valence-corrected chi connectivity index (χ2v) is 9.86. The molecule has 4 saturated carbocycles. The molecule has 0 aromatic heterocycles. The summed E-state index contributed by atoms with van der Waals surface area (Å²) in [6.07, 6.45) is 12.9. The van der Waals surface area contributed by atoms with Crippen molar-refractivity contribution < 1.29 is 10.2 Å². The molecule has 4 fully saturated rings. The Kier molecular flexibility index (Phi) is 4.16. The van der Waals surface area contributed by atoms with Gasteiger partial charge in [0.15, 0.2) is 0 Å². The first kappa shape index (κ1) is 17.1. The number of hydrogen-bond acceptors (Lipinski definition) is 2. The van der Waals surface area contributed by atoms with Crippen LogP contribution < -0.4 is 0 Å². The maximum Gasteiger partial charge on any atom is 0.0548 e. The van der Waals surface area contributed by atoms with Gasteiger partial charge in [-0.05, 0) is 105 Å². The van der Waals surface area contributed by atoms with Crippen molar-refractivity contribution in [2.45, 2.75) is 83.8 Å². The van der Waals surface area contributed by atoms with Gasteiger partial charge < -0.3 is 10.2 Å². The first-order valence-corrected chi connectivity index (χ1v) is 10.4. The molecule has 136 valence electrons. The fourth-order valence-corrected chi connectivity index (χ4v) is 8.10. The van der Waals surface area contributed by atoms with Crippen LogP contribution in [0.5, 0.6) is 0 Å². The molecule has 2 N–H and O–H groups in total. The van der Waals surface area contributed by atoms with Crippen LogP contribution in [0.1, 0.15) is 71.6 Å². The molecule has 0 spiro atoms. The van der Waals surface area contributed by atoms with E-state index in [2.05, 4.69) is 19.6 Å². The van der Waals surface area contributed by atoms with Gasteiger partial charge in [0.2, 0.25) is 0 Å². The van der Waals surface area contributed by atoms with E-state index < -0.39 is 0 Å². The predicted molar refractivity (Wildman–Crippen MR) is 97.4 cm³/mol. The van der Waals surface area contributed by atoms with Crippen molar-refractivity contribution in [2.75, 3.05) is 0 Å². The van der Waals surface area contributed by atoms with E-state index in [0.29, 0.717) is 11.3 Å². The standard InChI is InChI=1S/C22H36O2/c1-4-22-12-10-19-17(20(22)8-7-18(22)14(2)23)6-5-15-13-16(24)9-11-21(15,19)3/h4,14-20,23-24H,1,5-13H2,2-3H3/t14-,15+,16-,17-,18-,19+,20+,21+,22-/m1/s1. The van der Waals surface area contributed by atoms with Gasteiger partial charge in [0.05, 0.1) is 12.2 Å². The maximum absolute atomic E-state index is 10.4. The van der Waals surface area contributed by atoms with Crippen molar-refractivity contribution in [3.05, 3.63) is 12.7 Å². The van der Waals surface area contributed by atoms with Gasteiger partial charge in [-0.2, -0.15) is 0 Å². The SMILES string of the molecule is C=C[C@]12CC[C@H]3[C@@H](CC[C@H]4C[C@H](O)CC[C@@]43C)[C@@H]1CC[C@@H]2[C@@H](C)O. The van der Waals surface area contributed by atoms with E-state index in [0.717, 1.165) is 36.5 Å². The van der Waals surface area contributed by atoms with Crippen LogP contribution >= 0.6 is 0 Å². The van der Waals surface area contributed by atoms with Crippen LogP contribution in [0.15, 0.2) is 12.7 Å². The number of allylic oxidation sites excluding steroid dienone is 1. The number of rotatable bonds is 2. The molecule has 0 amide bonds. The van der Waals surface area contributed by atoms with Gasteiger partial charge in [0.25, 0.3) is 0 Å². The van der Waals surface area contributed by atoms with Crippen molar-refractivity contribution >= 4 is 0 Å². The van der Waals surface area contributed by atoms with Crippen LogP contribution in [0.2, 0.25) is 0 Å². The van der Waals surface area contributed by atoms with Crippen LogP contribution in [0, 0.1) is 40.4 Å². The summed E-state index contributed by atoms with van der Waals surface area (Å²) in [5, 5.41) is 20.5. The lowest BCUT2D eigenvalue weighted by Crippen LogP contribution is -2.54. The highest BCUT2D eigenvalue weighted by Gasteiger charge is 2.61. The molecular weight excluding hydrogens is 296 g/mol. The van der Waals surface area contributed by atoms with Crippen LogP contribution in [-0.2, 0) is 0 Å². The zero-order valence-corrected chi connectivity index (χ0v) is 15.6. The molecule has 4 rings (SSSR count). The van der Waals surface area contributed by atoms with E-state index in [1.165, 1.54) is 44.9 Å². The lowest BCUT2D eigenvalue weighted by molar-refractivity contribution is -0.125. The van der Waals surface area contributed by atoms with E-state index in [-0.39, 0.29) is 17.6 Å². The summed E-state index contributed by atoms with van der Waals surface area (Å²) in [5.41, 5.74) is 0.630. The molecule has 2 nitrogen and oxygen atoms in total. The average molecular weight is 333 g/mol. The number of aliphatic hydroxyl groups excluding tert-OH is 2. The Labute approximate surface area is 147 Å². The molecule has 4 aliphatic rings. The van der Waals surface area contributed by atoms with Gasteiger partial charge in [-0.25, -0.2) is 0 Å². The largest absolute Gasteiger partial charge is 0.393 e. The van der Waals surface area contributed by atoms with Crippen molar-refractivity contribution in [1.82, 2.24) is 0 Å². The van der Waals surface area contributed by atoms with E-state index >= 15 is 0 Å². The van der Waals surface area contributed by atoms with Crippen LogP contribution in [0.3, 0.4) is 0 Å². The smallest absolute Gasteiger partial charge is 0.0548 e. The Bertz CT molecular complexity index is 500. The third kappa shape index (κ3) is 2.21. The van der Waals surface area contributed by atoms with Crippen molar-refractivity contribution in [1.29, 1.82) is 0 Å². The Morgan fingerprint density at radius 3 is 2.54 bits per heavy atom. The van der Waals surface area contributed by atoms with E-state index in [4.69, 9.17) is 0 Å². The topological polar surface area (TPSA) is 40.5 Å². The summed E-state index contributed by atoms with van der Waals surface area (Å²) in [7, 11) is 0. The number of fused-ring (bicyclic) bond motifs is 5. The fourth-order valence-electron chi connectivity index (χ4n) is 8.10. The summed E-state index contributed by atoms with van der Waals surface area (Å²) in [4.78, 5) is 0. The molecule has 4 aliphatic carbocycles. The Morgan fingerprint density at radius 1 is 1.04 bits per heavy atom. The van der Waals surface area contributed by atoms with Crippen molar-refractivity contribution in [2.24, 2.45) is 40.4 Å². The molecular formula is C22H36O2. The fraction of sp³-hybridized carbons (Fsp3) is 0.909. The summed E-state index contributed by atoms with van der Waals surface area (Å²) < 4.78 is 0. The minimum absolute atomic E-state index is 0.0541. The molecule has 2 heteroatoms. The van der Waals surface area contributed by atoms with Crippen molar-refractivity contribution in [3.8, 4) is 0 Å². The van der Waals surface area contributed by atoms with Crippen LogP contribution in [0.4, 0.5) is 0 Å². The zero-order valence-electron chi connectivity index (χ0n) is 15.6. The molecule has 0 aromatic rings. The van der Waals surface area contributed by atoms with E-state index in [1.54, 1.807) is 0 Å². The number of aliphatic hydroxyl groups is 2. The molecule has 0 heterocycles. The van der Waals surface area contributed by atoms with Crippen LogP contribution in [-0.4, -0.2) is 22.4 Å². The number of hydrogen-bond donors (Lipinski definition) is 2. The highest BCUT2D eigenvalue weighted by atomic mass is 16.3. The molecule has 0 bridgehead atoms. The van der Waals surface area contributed by atoms with Gasteiger partial charge in [0.1, 0.15) is 0 Å². The predicted octanol–water partition coefficient (Wildman–Crippen LogP) is 4.55. The summed E-state index contributed by atoms with van der Waals surface area (Å²) in [5.74, 6) is 3.52. The highest BCUT2D eigenvalue weighted by Crippen LogP contribution is 2.68. The van der Waals surface area contributed by atoms with Gasteiger partial charge in [0, 0.05) is 0 Å². The zero-order chi connectivity index (χ0) is 17.1. The van der Waals surface area contributed by atoms with Gasteiger partial charge in [-0.15, -0.1) is 6.58 Å². The molecule has 9 atom stereocenters. The minimum atomic E-state index is -0.207. The van der Waals surface area contributed by atoms with Gasteiger partial charge >= 0.3 is 0 Å². The quantitative estimate of drug-likeness (QED) is 0.728. The summed E-state index contributed by atoms with van der Waals surface area (Å²) >= 11 is 0. The second-order valence-electron chi connectivity index (χ2n) is 9.86. The lowest BCUT2D eigenvalue weighted by Gasteiger charge is -2.61. The van der Waals surface area contributed by atoms with Crippen molar-refractivity contribution in [3.63, 3.8) is 0 Å². The Balaban J connectivity index is 1.64. The van der Waals surface area contributed by atoms with E-state index in [9.17, 15) is 10.2 Å². The second kappa shape index (κ2) is 5.84. The monoisotopic (exact) mass is 332 g/mol. The third-order valence-corrected chi connectivity index (χ3v) is 9.25. The molecule has 0 saturated heterocycles. The van der Waals surface area contributed by atoms with Crippen LogP contribution in [0.25, 0.3) is 0 Å². The highest BCUT2D eigenvalue weighted by molar-refractivity contribution is 5.16. The average Bonchev–Trinajstić information content (AvgIpc) is 2.95. The minimum Gasteiger partial charge on any atom is -0.393 e. The maximum atomic E-state index is 10.4.